The molecule has 0 bridgehead atoms. The second kappa shape index (κ2) is 11.2. The molecule has 33 heavy (non-hydrogen) atoms. The summed E-state index contributed by atoms with van der Waals surface area (Å²) in [4.78, 5) is 29.0. The van der Waals surface area contributed by atoms with Crippen LogP contribution in [0.1, 0.15) is 11.3 Å². The smallest absolute Gasteiger partial charge is 0.338 e. The van der Waals surface area contributed by atoms with Gasteiger partial charge in [-0.3, -0.25) is 10.2 Å². The summed E-state index contributed by atoms with van der Waals surface area (Å²) in [6.07, 6.45) is 1.32. The number of rotatable bonds is 6. The molecule has 172 valence electrons. The molecule has 0 saturated heterocycles. The summed E-state index contributed by atoms with van der Waals surface area (Å²) in [5.74, 6) is -0.359. The lowest BCUT2D eigenvalue weighted by Gasteiger charge is -2.10. The lowest BCUT2D eigenvalue weighted by molar-refractivity contribution is -0.126. The van der Waals surface area contributed by atoms with Gasteiger partial charge in [0.2, 0.25) is 0 Å². The molecule has 0 unspecified atom stereocenters. The highest BCUT2D eigenvalue weighted by Crippen LogP contribution is 2.39. The summed E-state index contributed by atoms with van der Waals surface area (Å²) in [6.45, 7) is 1.13. The number of carbonyl (C=O) groups is 2. The highest BCUT2D eigenvalue weighted by molar-refractivity contribution is 6.39. The predicted molar refractivity (Wildman–Crippen MR) is 127 cm³/mol. The van der Waals surface area contributed by atoms with E-state index in [2.05, 4.69) is 26.5 Å². The first-order chi connectivity index (χ1) is 15.8. The van der Waals surface area contributed by atoms with Crippen molar-refractivity contribution in [1.82, 2.24) is 16.0 Å². The molecule has 0 radical (unpaired) electrons. The minimum absolute atomic E-state index is 0.234. The lowest BCUT2D eigenvalue weighted by Crippen LogP contribution is -2.45. The van der Waals surface area contributed by atoms with Gasteiger partial charge in [0.15, 0.2) is 12.4 Å². The Labute approximate surface area is 207 Å². The van der Waals surface area contributed by atoms with E-state index in [-0.39, 0.29) is 11.4 Å². The van der Waals surface area contributed by atoms with E-state index in [1.807, 2.05) is 0 Å². The summed E-state index contributed by atoms with van der Waals surface area (Å²) < 4.78 is 5.15. The number of amides is 3. The summed E-state index contributed by atoms with van der Waals surface area (Å²) in [7, 11) is 0. The molecule has 0 saturated carbocycles. The van der Waals surface area contributed by atoms with Crippen LogP contribution in [-0.2, 0) is 9.63 Å². The Morgan fingerprint density at radius 1 is 1.09 bits per heavy atom. The zero-order valence-electron chi connectivity index (χ0n) is 16.8. The van der Waals surface area contributed by atoms with Gasteiger partial charge in [-0.2, -0.15) is 0 Å². The number of aromatic nitrogens is 1. The third-order valence-electron chi connectivity index (χ3n) is 4.04. The van der Waals surface area contributed by atoms with Crippen LogP contribution in [-0.4, -0.2) is 29.9 Å². The largest absolute Gasteiger partial charge is 0.386 e. The highest BCUT2D eigenvalue weighted by Gasteiger charge is 2.21. The number of carbonyl (C=O) groups excluding carboxylic acids is 2. The molecule has 0 spiro atoms. The molecule has 3 amide bonds. The normalized spacial score (nSPS) is 10.8. The van der Waals surface area contributed by atoms with Crippen LogP contribution >= 0.6 is 46.4 Å². The first kappa shape index (κ1) is 24.7. The van der Waals surface area contributed by atoms with Crippen LogP contribution in [0.4, 0.5) is 10.5 Å². The van der Waals surface area contributed by atoms with E-state index in [4.69, 9.17) is 55.8 Å². The Morgan fingerprint density at radius 3 is 2.52 bits per heavy atom. The van der Waals surface area contributed by atoms with Gasteiger partial charge in [0, 0.05) is 16.1 Å². The van der Waals surface area contributed by atoms with Crippen LogP contribution in [0.15, 0.2) is 46.1 Å². The number of hydrogen-bond acceptors (Lipinski definition) is 6. The molecule has 3 rings (SSSR count). The predicted octanol–water partition coefficient (Wildman–Crippen LogP) is 5.47. The molecule has 0 atom stereocenters. The minimum Gasteiger partial charge on any atom is -0.386 e. The number of halogens is 4. The molecule has 0 aliphatic carbocycles. The van der Waals surface area contributed by atoms with E-state index in [0.717, 1.165) is 0 Å². The maximum atomic E-state index is 12.2. The fourth-order valence-corrected chi connectivity index (χ4v) is 3.55. The summed E-state index contributed by atoms with van der Waals surface area (Å²) in [5, 5.41) is 11.6. The molecular formula is C20H15Cl4N5O4. The number of nitrogens with one attached hydrogen (secondary N) is 3. The van der Waals surface area contributed by atoms with Crippen molar-refractivity contribution in [1.29, 1.82) is 0 Å². The number of hydrazine groups is 1. The molecule has 13 heteroatoms. The van der Waals surface area contributed by atoms with Gasteiger partial charge >= 0.3 is 6.03 Å². The Kier molecular flexibility index (Phi) is 8.40. The van der Waals surface area contributed by atoms with Gasteiger partial charge in [-0.05, 0) is 31.2 Å². The average Bonchev–Trinajstić information content (AvgIpc) is 3.11. The monoisotopic (exact) mass is 529 g/mol. The molecule has 2 aromatic carbocycles. The van der Waals surface area contributed by atoms with Crippen LogP contribution in [0.5, 0.6) is 0 Å². The number of hydrogen-bond donors (Lipinski definition) is 3. The number of benzene rings is 2. The Balaban J connectivity index is 1.52. The fraction of sp³-hybridized carbons (Fsp3) is 0.100. The maximum Gasteiger partial charge on any atom is 0.338 e. The van der Waals surface area contributed by atoms with Gasteiger partial charge in [-0.15, -0.1) is 0 Å². The van der Waals surface area contributed by atoms with Gasteiger partial charge in [0.25, 0.3) is 5.91 Å². The van der Waals surface area contributed by atoms with Crippen molar-refractivity contribution in [2.45, 2.75) is 6.92 Å². The van der Waals surface area contributed by atoms with Crippen LogP contribution < -0.4 is 16.2 Å². The van der Waals surface area contributed by atoms with Crippen molar-refractivity contribution in [2.24, 2.45) is 5.16 Å². The third kappa shape index (κ3) is 6.52. The molecule has 1 heterocycles. The van der Waals surface area contributed by atoms with E-state index in [0.29, 0.717) is 37.0 Å². The van der Waals surface area contributed by atoms with E-state index < -0.39 is 18.5 Å². The van der Waals surface area contributed by atoms with Gasteiger partial charge < -0.3 is 14.7 Å². The van der Waals surface area contributed by atoms with Crippen molar-refractivity contribution in [3.8, 4) is 11.3 Å². The van der Waals surface area contributed by atoms with Crippen LogP contribution in [0.3, 0.4) is 0 Å². The molecule has 0 aliphatic rings. The molecule has 0 aliphatic heterocycles. The highest BCUT2D eigenvalue weighted by atomic mass is 35.5. The van der Waals surface area contributed by atoms with E-state index in [1.165, 1.54) is 6.21 Å². The Hall–Kier alpha value is -2.98. The molecule has 3 aromatic rings. The zero-order valence-corrected chi connectivity index (χ0v) is 19.8. The maximum absolute atomic E-state index is 12.2. The Morgan fingerprint density at radius 2 is 1.82 bits per heavy atom. The second-order valence-corrected chi connectivity index (χ2v) is 8.02. The van der Waals surface area contributed by atoms with Gasteiger partial charge in [0.05, 0.1) is 21.3 Å². The van der Waals surface area contributed by atoms with Crippen LogP contribution in [0.25, 0.3) is 11.3 Å². The first-order valence-electron chi connectivity index (χ1n) is 9.13. The number of oxime groups is 1. The number of anilines is 1. The lowest BCUT2D eigenvalue weighted by atomic mass is 10.1. The molecule has 9 nitrogen and oxygen atoms in total. The number of nitrogens with zero attached hydrogens (tertiary/aromatic N) is 2. The molecular weight excluding hydrogens is 516 g/mol. The number of aryl methyl sites for hydroxylation is 1. The van der Waals surface area contributed by atoms with Crippen molar-refractivity contribution in [3.05, 3.63) is 67.8 Å². The van der Waals surface area contributed by atoms with Crippen molar-refractivity contribution < 1.29 is 18.9 Å². The molecule has 1 aromatic heterocycles. The summed E-state index contributed by atoms with van der Waals surface area (Å²) >= 11 is 24.2. The summed E-state index contributed by atoms with van der Waals surface area (Å²) in [6, 6.07) is 8.97. The first-order valence-corrected chi connectivity index (χ1v) is 10.6. The fourth-order valence-electron chi connectivity index (χ4n) is 2.52. The second-order valence-electron chi connectivity index (χ2n) is 6.36. The van der Waals surface area contributed by atoms with Crippen molar-refractivity contribution in [3.63, 3.8) is 0 Å². The SMILES string of the molecule is Cc1onc(-c2c(Cl)cccc2Cl)c1NC(=O)NNC(=O)CON=Cc1ccc(Cl)cc1Cl. The van der Waals surface area contributed by atoms with E-state index in [1.54, 1.807) is 43.3 Å². The van der Waals surface area contributed by atoms with Gasteiger partial charge in [-0.25, -0.2) is 10.2 Å². The van der Waals surface area contributed by atoms with E-state index in [9.17, 15) is 9.59 Å². The summed E-state index contributed by atoms with van der Waals surface area (Å²) in [5.41, 5.74) is 5.76. The van der Waals surface area contributed by atoms with Crippen LogP contribution in [0.2, 0.25) is 20.1 Å². The van der Waals surface area contributed by atoms with Gasteiger partial charge in [-0.1, -0.05) is 68.8 Å². The van der Waals surface area contributed by atoms with Crippen LogP contribution in [0, 0.1) is 6.92 Å². The van der Waals surface area contributed by atoms with Gasteiger partial charge in [0.1, 0.15) is 11.4 Å². The molecule has 3 N–H and O–H groups in total. The molecule has 0 fully saturated rings. The van der Waals surface area contributed by atoms with Crippen molar-refractivity contribution >= 4 is 70.2 Å². The number of urea groups is 1. The zero-order chi connectivity index (χ0) is 24.0. The topological polar surface area (TPSA) is 118 Å². The van der Waals surface area contributed by atoms with E-state index >= 15 is 0 Å². The minimum atomic E-state index is -0.768. The van der Waals surface area contributed by atoms with Crippen molar-refractivity contribution in [2.75, 3.05) is 11.9 Å². The quantitative estimate of drug-likeness (QED) is 0.288. The Bertz CT molecular complexity index is 1190. The average molecular weight is 531 g/mol. The standard InChI is InChI=1S/C20H15Cl4N5O4/c1-10-18(19(29-33-10)17-13(22)3-2-4-14(17)23)26-20(31)28-27-16(30)9-32-25-8-11-5-6-12(21)7-15(11)24/h2-8H,9H2,1H3,(H,27,30)(H2,26,28,31). The third-order valence-corrected chi connectivity index (χ3v) is 5.23.